The molecule has 0 aliphatic carbocycles. The van der Waals surface area contributed by atoms with E-state index in [1.807, 2.05) is 31.2 Å². The molecule has 1 heterocycles. The Morgan fingerprint density at radius 3 is 2.50 bits per heavy atom. The fourth-order valence-corrected chi connectivity index (χ4v) is 1.80. The molecule has 1 aromatic heterocycles. The Kier molecular flexibility index (Phi) is 2.87. The lowest BCUT2D eigenvalue weighted by Crippen LogP contribution is -2.16. The van der Waals surface area contributed by atoms with E-state index in [2.05, 4.69) is 21.0 Å². The molecule has 0 radical (unpaired) electrons. The zero-order valence-corrected chi connectivity index (χ0v) is 10.4. The molecule has 0 spiro atoms. The minimum Gasteiger partial charge on any atom is -0.393 e. The maximum Gasteiger partial charge on any atom is 0.294 e. The van der Waals surface area contributed by atoms with Crippen LogP contribution in [0.2, 0.25) is 0 Å². The Morgan fingerprint density at radius 1 is 1.38 bits per heavy atom. The van der Waals surface area contributed by atoms with Crippen LogP contribution in [0.4, 0.5) is 5.69 Å². The van der Waals surface area contributed by atoms with Gasteiger partial charge in [0, 0.05) is 4.47 Å². The van der Waals surface area contributed by atoms with Crippen molar-refractivity contribution in [1.82, 2.24) is 9.78 Å². The van der Waals surface area contributed by atoms with Gasteiger partial charge >= 0.3 is 0 Å². The monoisotopic (exact) mass is 281 g/mol. The second kappa shape index (κ2) is 4.17. The number of hydrogen-bond donors (Lipinski definition) is 2. The molecule has 4 nitrogen and oxygen atoms in total. The number of aromatic nitrogens is 2. The molecule has 0 unspecified atom stereocenters. The minimum absolute atomic E-state index is 0.195. The van der Waals surface area contributed by atoms with Crippen molar-refractivity contribution in [2.45, 2.75) is 13.3 Å². The lowest BCUT2D eigenvalue weighted by Gasteiger charge is -2.01. The summed E-state index contributed by atoms with van der Waals surface area (Å²) in [7, 11) is 0. The average Bonchev–Trinajstić information content (AvgIpc) is 2.57. The summed E-state index contributed by atoms with van der Waals surface area (Å²) in [6.07, 6.45) is 0.713. The average molecular weight is 282 g/mol. The predicted octanol–water partition coefficient (Wildman–Crippen LogP) is 2.07. The molecular weight excluding hydrogens is 270 g/mol. The fourth-order valence-electron chi connectivity index (χ4n) is 1.54. The van der Waals surface area contributed by atoms with E-state index in [4.69, 9.17) is 5.73 Å². The lowest BCUT2D eigenvalue weighted by molar-refractivity contribution is 0.819. The third-order valence-electron chi connectivity index (χ3n) is 2.44. The summed E-state index contributed by atoms with van der Waals surface area (Å²) < 4.78 is 2.43. The Balaban J connectivity index is 2.56. The number of nitrogens with two attached hydrogens (primary N) is 1. The van der Waals surface area contributed by atoms with Gasteiger partial charge in [-0.3, -0.25) is 9.89 Å². The number of nitrogens with zero attached hydrogens (tertiary/aromatic N) is 1. The van der Waals surface area contributed by atoms with Gasteiger partial charge in [-0.05, 0) is 30.7 Å². The van der Waals surface area contributed by atoms with Crippen LogP contribution in [0.25, 0.3) is 5.69 Å². The molecule has 2 aromatic rings. The van der Waals surface area contributed by atoms with Crippen molar-refractivity contribution in [3.63, 3.8) is 0 Å². The number of aromatic amines is 1. The van der Waals surface area contributed by atoms with Crippen molar-refractivity contribution in [3.05, 3.63) is 44.8 Å². The Hall–Kier alpha value is -1.49. The van der Waals surface area contributed by atoms with Gasteiger partial charge in [-0.2, -0.15) is 0 Å². The number of halogens is 1. The molecule has 0 atom stereocenters. The van der Waals surface area contributed by atoms with E-state index in [-0.39, 0.29) is 5.56 Å². The van der Waals surface area contributed by atoms with Crippen LogP contribution in [0, 0.1) is 0 Å². The van der Waals surface area contributed by atoms with Gasteiger partial charge in [-0.25, -0.2) is 4.68 Å². The molecule has 1 aromatic carbocycles. The summed E-state index contributed by atoms with van der Waals surface area (Å²) in [6.45, 7) is 1.95. The van der Waals surface area contributed by atoms with Gasteiger partial charge in [0.1, 0.15) is 5.69 Å². The van der Waals surface area contributed by atoms with E-state index in [9.17, 15) is 4.79 Å². The molecular formula is C11H12BrN3O. The molecule has 84 valence electrons. The lowest BCUT2D eigenvalue weighted by atomic mass is 10.3. The third-order valence-corrected chi connectivity index (χ3v) is 2.97. The topological polar surface area (TPSA) is 63.8 Å². The molecule has 0 saturated heterocycles. The molecule has 0 saturated carbocycles. The molecule has 0 bridgehead atoms. The summed E-state index contributed by atoms with van der Waals surface area (Å²) in [6, 6.07) is 7.45. The van der Waals surface area contributed by atoms with E-state index in [0.717, 1.165) is 15.9 Å². The van der Waals surface area contributed by atoms with Crippen LogP contribution < -0.4 is 11.3 Å². The highest BCUT2D eigenvalue weighted by atomic mass is 79.9. The SMILES string of the molecule is CCc1[nH]n(-c2ccc(Br)cc2)c(=O)c1N. The number of H-pyrrole nitrogens is 1. The van der Waals surface area contributed by atoms with E-state index >= 15 is 0 Å². The summed E-state index contributed by atoms with van der Waals surface area (Å²) in [5, 5.41) is 3.00. The zero-order valence-electron chi connectivity index (χ0n) is 8.83. The summed E-state index contributed by atoms with van der Waals surface area (Å²) in [5.74, 6) is 0. The standard InChI is InChI=1S/C11H12BrN3O/c1-2-9-10(13)11(16)15(14-9)8-5-3-7(12)4-6-8/h3-6,14H,2,13H2,1H3. The van der Waals surface area contributed by atoms with Gasteiger partial charge in [0.25, 0.3) is 5.56 Å². The second-order valence-electron chi connectivity index (χ2n) is 3.47. The first-order valence-corrected chi connectivity index (χ1v) is 5.78. The highest BCUT2D eigenvalue weighted by Gasteiger charge is 2.10. The number of anilines is 1. The maximum absolute atomic E-state index is 11.8. The third kappa shape index (κ3) is 1.78. The molecule has 3 N–H and O–H groups in total. The van der Waals surface area contributed by atoms with E-state index in [1.54, 1.807) is 0 Å². The van der Waals surface area contributed by atoms with Gasteiger partial charge in [0.05, 0.1) is 11.4 Å². The first-order chi connectivity index (χ1) is 7.63. The van der Waals surface area contributed by atoms with Crippen LogP contribution >= 0.6 is 15.9 Å². The zero-order chi connectivity index (χ0) is 11.7. The minimum atomic E-state index is -0.195. The Labute approximate surface area is 101 Å². The van der Waals surface area contributed by atoms with Crippen molar-refractivity contribution in [2.24, 2.45) is 0 Å². The number of rotatable bonds is 2. The van der Waals surface area contributed by atoms with E-state index < -0.39 is 0 Å². The molecule has 2 rings (SSSR count). The summed E-state index contributed by atoms with van der Waals surface area (Å²) >= 11 is 3.35. The highest BCUT2D eigenvalue weighted by Crippen LogP contribution is 2.14. The largest absolute Gasteiger partial charge is 0.393 e. The van der Waals surface area contributed by atoms with Gasteiger partial charge < -0.3 is 5.73 Å². The molecule has 16 heavy (non-hydrogen) atoms. The van der Waals surface area contributed by atoms with Crippen LogP contribution in [-0.2, 0) is 6.42 Å². The van der Waals surface area contributed by atoms with Crippen molar-refractivity contribution < 1.29 is 0 Å². The number of nitrogens with one attached hydrogen (secondary N) is 1. The molecule has 0 aliphatic rings. The first-order valence-electron chi connectivity index (χ1n) is 4.98. The van der Waals surface area contributed by atoms with E-state index in [1.165, 1.54) is 4.68 Å². The van der Waals surface area contributed by atoms with E-state index in [0.29, 0.717) is 12.1 Å². The van der Waals surface area contributed by atoms with Crippen molar-refractivity contribution in [3.8, 4) is 5.69 Å². The number of hydrogen-bond acceptors (Lipinski definition) is 2. The summed E-state index contributed by atoms with van der Waals surface area (Å²) in [5.41, 5.74) is 7.36. The van der Waals surface area contributed by atoms with Crippen LogP contribution in [0.3, 0.4) is 0 Å². The number of nitrogen functional groups attached to an aromatic ring is 1. The number of benzene rings is 1. The maximum atomic E-state index is 11.8. The highest BCUT2D eigenvalue weighted by molar-refractivity contribution is 9.10. The van der Waals surface area contributed by atoms with Crippen molar-refractivity contribution in [2.75, 3.05) is 5.73 Å². The molecule has 5 heteroatoms. The number of aryl methyl sites for hydroxylation is 1. The van der Waals surface area contributed by atoms with Gasteiger partial charge in [0.2, 0.25) is 0 Å². The van der Waals surface area contributed by atoms with Crippen LogP contribution in [0.15, 0.2) is 33.5 Å². The molecule has 0 amide bonds. The van der Waals surface area contributed by atoms with Crippen LogP contribution in [0.1, 0.15) is 12.6 Å². The predicted molar refractivity (Wildman–Crippen MR) is 67.9 cm³/mol. The quantitative estimate of drug-likeness (QED) is 0.885. The smallest absolute Gasteiger partial charge is 0.294 e. The fraction of sp³-hybridized carbons (Fsp3) is 0.182. The van der Waals surface area contributed by atoms with Gasteiger partial charge in [-0.15, -0.1) is 0 Å². The van der Waals surface area contributed by atoms with Gasteiger partial charge in [0.15, 0.2) is 0 Å². The van der Waals surface area contributed by atoms with Crippen molar-refractivity contribution in [1.29, 1.82) is 0 Å². The first kappa shape index (κ1) is 11.0. The van der Waals surface area contributed by atoms with Gasteiger partial charge in [-0.1, -0.05) is 22.9 Å². The molecule has 0 fully saturated rings. The Morgan fingerprint density at radius 2 is 2.00 bits per heavy atom. The molecule has 0 aliphatic heterocycles. The normalized spacial score (nSPS) is 10.6. The van der Waals surface area contributed by atoms with Crippen molar-refractivity contribution >= 4 is 21.6 Å². The van der Waals surface area contributed by atoms with Crippen LogP contribution in [0.5, 0.6) is 0 Å². The Bertz CT molecular complexity index is 554. The second-order valence-corrected chi connectivity index (χ2v) is 4.39. The van der Waals surface area contributed by atoms with Crippen LogP contribution in [-0.4, -0.2) is 9.78 Å². The summed E-state index contributed by atoms with van der Waals surface area (Å²) in [4.78, 5) is 11.8.